The summed E-state index contributed by atoms with van der Waals surface area (Å²) in [4.78, 5) is 10.6. The molecule has 0 aromatic carbocycles. The van der Waals surface area contributed by atoms with Crippen LogP contribution in [0.25, 0.3) is 0 Å². The molecule has 0 aliphatic heterocycles. The van der Waals surface area contributed by atoms with Crippen molar-refractivity contribution in [1.82, 2.24) is 5.48 Å². The number of hydrogen-bond donors (Lipinski definition) is 2. The van der Waals surface area contributed by atoms with Gasteiger partial charge in [0, 0.05) is 12.6 Å². The molecule has 1 aliphatic rings. The molecule has 5 nitrogen and oxygen atoms in total. The van der Waals surface area contributed by atoms with Crippen molar-refractivity contribution in [3.63, 3.8) is 0 Å². The second kappa shape index (κ2) is 3.95. The molecule has 3 N–H and O–H groups in total. The molecule has 1 saturated carbocycles. The molecule has 0 spiro atoms. The van der Waals surface area contributed by atoms with Gasteiger partial charge in [0.05, 0.1) is 6.16 Å². The Morgan fingerprint density at radius 1 is 1.86 bits per heavy atom. The van der Waals surface area contributed by atoms with Crippen molar-refractivity contribution in [3.05, 3.63) is 12.7 Å². The molecule has 0 aromatic heterocycles. The van der Waals surface area contributed by atoms with Crippen LogP contribution in [-0.4, -0.2) is 24.8 Å². The van der Waals surface area contributed by atoms with E-state index in [1.807, 2.05) is 0 Å². The lowest BCUT2D eigenvalue weighted by molar-refractivity contribution is 0.230. The third-order valence-corrected chi connectivity index (χ3v) is 4.23. The number of hydrogen-bond acceptors (Lipinski definition) is 5. The predicted molar refractivity (Wildman–Crippen MR) is 54.6 cm³/mol. The van der Waals surface area contributed by atoms with Crippen LogP contribution in [0.3, 0.4) is 0 Å². The van der Waals surface area contributed by atoms with E-state index in [1.54, 1.807) is 6.08 Å². The monoisotopic (exact) mass is 218 g/mol. The molecule has 0 radical (unpaired) electrons. The minimum Gasteiger partial charge on any atom is -0.324 e. The molecule has 0 heterocycles. The predicted octanol–water partition coefficient (Wildman–Crippen LogP) is 0.509. The highest BCUT2D eigenvalue weighted by molar-refractivity contribution is 7.73. The average molecular weight is 218 g/mol. The molecule has 80 valence electrons. The van der Waals surface area contributed by atoms with E-state index < -0.39 is 12.9 Å². The van der Waals surface area contributed by atoms with E-state index in [-0.39, 0.29) is 12.1 Å². The first kappa shape index (κ1) is 11.6. The lowest BCUT2D eigenvalue weighted by Gasteiger charge is -2.15. The van der Waals surface area contributed by atoms with E-state index in [4.69, 9.17) is 10.4 Å². The second-order valence-corrected chi connectivity index (χ2v) is 5.73. The summed E-state index contributed by atoms with van der Waals surface area (Å²) in [5.74, 6) is 0.135. The molecule has 0 aromatic rings. The molecule has 0 saturated heterocycles. The molecule has 14 heavy (non-hydrogen) atoms. The van der Waals surface area contributed by atoms with Crippen LogP contribution in [-0.2, 0) is 14.0 Å². The van der Waals surface area contributed by atoms with Gasteiger partial charge in [-0.25, -0.2) is 4.62 Å². The van der Waals surface area contributed by atoms with Crippen LogP contribution in [0.2, 0.25) is 0 Å². The minimum absolute atomic E-state index is 0.0705. The van der Waals surface area contributed by atoms with Crippen LogP contribution >= 0.6 is 7.37 Å². The van der Waals surface area contributed by atoms with Crippen molar-refractivity contribution in [2.45, 2.75) is 12.0 Å². The molecule has 3 atom stereocenters. The van der Waals surface area contributed by atoms with Crippen molar-refractivity contribution < 1.29 is 14.0 Å². The van der Waals surface area contributed by atoms with Crippen LogP contribution in [0, 0.1) is 5.92 Å². The topological polar surface area (TPSA) is 81.4 Å². The van der Waals surface area contributed by atoms with Crippen molar-refractivity contribution in [1.29, 1.82) is 0 Å². The zero-order chi connectivity index (χ0) is 10.8. The maximum Gasteiger partial charge on any atom is 0.281 e. The van der Waals surface area contributed by atoms with Gasteiger partial charge in [-0.1, -0.05) is 6.08 Å². The van der Waals surface area contributed by atoms with Gasteiger partial charge in [0.2, 0.25) is 6.03 Å². The maximum atomic E-state index is 11.7. The van der Waals surface area contributed by atoms with Gasteiger partial charge in [0.15, 0.2) is 0 Å². The van der Waals surface area contributed by atoms with Gasteiger partial charge in [-0.3, -0.25) is 9.36 Å². The average Bonchev–Trinajstić information content (AvgIpc) is 2.76. The number of carbonyl (C=O) groups excluding carboxylic acids is 1. The summed E-state index contributed by atoms with van der Waals surface area (Å²) < 4.78 is 16.4. The van der Waals surface area contributed by atoms with Crippen molar-refractivity contribution in [2.75, 3.05) is 13.2 Å². The highest BCUT2D eigenvalue weighted by Crippen LogP contribution is 2.54. The smallest absolute Gasteiger partial charge is 0.281 e. The fourth-order valence-electron chi connectivity index (χ4n) is 1.51. The Balaban J connectivity index is 2.62. The van der Waals surface area contributed by atoms with Crippen molar-refractivity contribution in [3.8, 4) is 0 Å². The molecule has 1 aliphatic carbocycles. The summed E-state index contributed by atoms with van der Waals surface area (Å²) in [5, 5.41) is 0. The fourth-order valence-corrected chi connectivity index (χ4v) is 3.18. The molecule has 0 amide bonds. The van der Waals surface area contributed by atoms with Crippen LogP contribution in [0.1, 0.15) is 6.42 Å². The molecular weight excluding hydrogens is 203 g/mol. The first-order valence-electron chi connectivity index (χ1n) is 4.31. The van der Waals surface area contributed by atoms with E-state index >= 15 is 0 Å². The molecule has 6 heteroatoms. The van der Waals surface area contributed by atoms with Gasteiger partial charge in [-0.05, 0) is 12.3 Å². The Hall–Kier alpha value is -0.480. The lowest BCUT2D eigenvalue weighted by Crippen LogP contribution is -2.30. The maximum absolute atomic E-state index is 11.7. The Kier molecular flexibility index (Phi) is 3.27. The summed E-state index contributed by atoms with van der Waals surface area (Å²) in [6, 6.07) is 0.344. The van der Waals surface area contributed by atoms with Gasteiger partial charge < -0.3 is 5.73 Å². The standard InChI is InChI=1S/C8H15N2O3P/c1-3-7-4-8(7,9)5-14(12,6-11)13-10-2/h3,6-7,10H,1,4-5,9H2,2H3. The minimum atomic E-state index is -3.27. The molecule has 1 fully saturated rings. The normalized spacial score (nSPS) is 34.6. The summed E-state index contributed by atoms with van der Waals surface area (Å²) in [6.07, 6.45) is 2.50. The van der Waals surface area contributed by atoms with E-state index in [1.165, 1.54) is 7.05 Å². The molecule has 3 unspecified atom stereocenters. The second-order valence-electron chi connectivity index (χ2n) is 3.56. The lowest BCUT2D eigenvalue weighted by atomic mass is 10.2. The summed E-state index contributed by atoms with van der Waals surface area (Å²) >= 11 is 0. The summed E-state index contributed by atoms with van der Waals surface area (Å²) in [7, 11) is -1.82. The Bertz CT molecular complexity index is 294. The number of hydroxylamine groups is 1. The van der Waals surface area contributed by atoms with E-state index in [9.17, 15) is 9.36 Å². The van der Waals surface area contributed by atoms with Crippen molar-refractivity contribution >= 4 is 13.4 Å². The number of rotatable bonds is 6. The summed E-state index contributed by atoms with van der Waals surface area (Å²) in [6.45, 7) is 3.61. The van der Waals surface area contributed by atoms with Crippen LogP contribution in [0.4, 0.5) is 0 Å². The van der Waals surface area contributed by atoms with Crippen LogP contribution < -0.4 is 11.2 Å². The van der Waals surface area contributed by atoms with Gasteiger partial charge in [0.25, 0.3) is 7.37 Å². The first-order chi connectivity index (χ1) is 6.49. The summed E-state index contributed by atoms with van der Waals surface area (Å²) in [5.41, 5.74) is 7.58. The number of nitrogens with one attached hydrogen (secondary N) is 1. The third-order valence-electron chi connectivity index (χ3n) is 2.38. The Morgan fingerprint density at radius 3 is 2.86 bits per heavy atom. The van der Waals surface area contributed by atoms with Gasteiger partial charge in [0.1, 0.15) is 0 Å². The van der Waals surface area contributed by atoms with Crippen LogP contribution in [0.15, 0.2) is 12.7 Å². The zero-order valence-corrected chi connectivity index (χ0v) is 9.00. The van der Waals surface area contributed by atoms with Crippen LogP contribution in [0.5, 0.6) is 0 Å². The fraction of sp³-hybridized carbons (Fsp3) is 0.625. The third kappa shape index (κ3) is 2.30. The Labute approximate surface area is 83.1 Å². The number of nitrogens with two attached hydrogens (primary N) is 1. The first-order valence-corrected chi connectivity index (χ1v) is 6.19. The molecule has 1 rings (SSSR count). The van der Waals surface area contributed by atoms with Gasteiger partial charge in [-0.15, -0.1) is 6.58 Å². The van der Waals surface area contributed by atoms with Crippen molar-refractivity contribution in [2.24, 2.45) is 11.7 Å². The van der Waals surface area contributed by atoms with Gasteiger partial charge in [-0.2, -0.15) is 5.48 Å². The van der Waals surface area contributed by atoms with E-state index in [2.05, 4.69) is 12.1 Å². The van der Waals surface area contributed by atoms with Gasteiger partial charge >= 0.3 is 0 Å². The molecule has 0 bridgehead atoms. The van der Waals surface area contributed by atoms with E-state index in [0.717, 1.165) is 0 Å². The highest BCUT2D eigenvalue weighted by Gasteiger charge is 2.53. The number of carbonyl (C=O) groups is 1. The SMILES string of the molecule is C=CC1CC1(N)CP(=O)(C=O)ONC. The zero-order valence-electron chi connectivity index (χ0n) is 8.10. The van der Waals surface area contributed by atoms with E-state index in [0.29, 0.717) is 12.4 Å². The quantitative estimate of drug-likeness (QED) is 0.294. The Morgan fingerprint density at radius 2 is 2.50 bits per heavy atom. The largest absolute Gasteiger partial charge is 0.324 e. The molecular formula is C8H15N2O3P. The highest BCUT2D eigenvalue weighted by atomic mass is 31.2.